The molecule has 0 radical (unpaired) electrons. The summed E-state index contributed by atoms with van der Waals surface area (Å²) in [5, 5.41) is 3.20. The van der Waals surface area contributed by atoms with Gasteiger partial charge in [0.1, 0.15) is 0 Å². The van der Waals surface area contributed by atoms with Crippen molar-refractivity contribution in [2.45, 2.75) is 37.5 Å². The zero-order valence-electron chi connectivity index (χ0n) is 14.9. The van der Waals surface area contributed by atoms with Crippen LogP contribution in [0.5, 0.6) is 0 Å². The van der Waals surface area contributed by atoms with Crippen molar-refractivity contribution in [3.8, 4) is 0 Å². The van der Waals surface area contributed by atoms with E-state index in [0.29, 0.717) is 6.61 Å². The van der Waals surface area contributed by atoms with E-state index >= 15 is 0 Å². The normalized spacial score (nSPS) is 26.1. The minimum absolute atomic E-state index is 0.0119. The lowest BCUT2D eigenvalue weighted by Crippen LogP contribution is -2.49. The summed E-state index contributed by atoms with van der Waals surface area (Å²) in [6.07, 6.45) is 6.51. The Labute approximate surface area is 154 Å². The van der Waals surface area contributed by atoms with Crippen LogP contribution >= 0.6 is 0 Å². The minimum Gasteiger partial charge on any atom is -0.373 e. The fourth-order valence-electron chi connectivity index (χ4n) is 4.11. The average Bonchev–Trinajstić information content (AvgIpc) is 3.05. The number of hydrogen-bond acceptors (Lipinski definition) is 4. The van der Waals surface area contributed by atoms with Crippen molar-refractivity contribution in [1.29, 1.82) is 0 Å². The second-order valence-electron chi connectivity index (χ2n) is 7.38. The SMILES string of the molecule is O=C(N[C@H]1CCO[C@]2(CCN(Cc3cccnc3)C2)C1)c1ccccc1. The molecule has 2 fully saturated rings. The zero-order valence-corrected chi connectivity index (χ0v) is 14.9. The van der Waals surface area contributed by atoms with Crippen molar-refractivity contribution in [3.63, 3.8) is 0 Å². The van der Waals surface area contributed by atoms with Crippen LogP contribution in [0.25, 0.3) is 0 Å². The molecule has 2 aliphatic heterocycles. The fraction of sp³-hybridized carbons (Fsp3) is 0.429. The maximum atomic E-state index is 12.5. The third kappa shape index (κ3) is 3.94. The van der Waals surface area contributed by atoms with E-state index in [4.69, 9.17) is 4.74 Å². The highest BCUT2D eigenvalue weighted by Gasteiger charge is 2.43. The number of pyridine rings is 1. The third-order valence-electron chi connectivity index (χ3n) is 5.39. The van der Waals surface area contributed by atoms with Gasteiger partial charge in [-0.15, -0.1) is 0 Å². The number of aromatic nitrogens is 1. The van der Waals surface area contributed by atoms with Gasteiger partial charge in [-0.05, 0) is 43.0 Å². The second-order valence-corrected chi connectivity index (χ2v) is 7.38. The molecule has 1 aromatic heterocycles. The van der Waals surface area contributed by atoms with Gasteiger partial charge in [-0.2, -0.15) is 0 Å². The van der Waals surface area contributed by atoms with Crippen molar-refractivity contribution >= 4 is 5.91 Å². The van der Waals surface area contributed by atoms with Gasteiger partial charge in [-0.1, -0.05) is 24.3 Å². The van der Waals surface area contributed by atoms with Crippen LogP contribution < -0.4 is 5.32 Å². The molecule has 0 bridgehead atoms. The van der Waals surface area contributed by atoms with Gasteiger partial charge in [-0.25, -0.2) is 0 Å². The Hall–Kier alpha value is -2.24. The first-order valence-electron chi connectivity index (χ1n) is 9.34. The molecule has 2 saturated heterocycles. The molecule has 4 rings (SSSR count). The highest BCUT2D eigenvalue weighted by molar-refractivity contribution is 5.94. The molecular formula is C21H25N3O2. The van der Waals surface area contributed by atoms with Crippen molar-refractivity contribution in [2.24, 2.45) is 0 Å². The van der Waals surface area contributed by atoms with E-state index in [9.17, 15) is 4.79 Å². The lowest BCUT2D eigenvalue weighted by molar-refractivity contribution is -0.0793. The summed E-state index contributed by atoms with van der Waals surface area (Å²) in [4.78, 5) is 19.1. The quantitative estimate of drug-likeness (QED) is 0.920. The maximum Gasteiger partial charge on any atom is 0.251 e. The maximum absolute atomic E-state index is 12.5. The van der Waals surface area contributed by atoms with Gasteiger partial charge in [0, 0.05) is 50.2 Å². The number of likely N-dealkylation sites (tertiary alicyclic amines) is 1. The standard InChI is InChI=1S/C21H25N3O2/c25-20(18-6-2-1-3-7-18)23-19-8-12-26-21(13-19)9-11-24(16-21)15-17-5-4-10-22-14-17/h1-7,10,14,19H,8-9,11-13,15-16H2,(H,23,25)/t19-,21+/m0/s1. The number of nitrogens with zero attached hydrogens (tertiary/aromatic N) is 2. The predicted molar refractivity (Wildman–Crippen MR) is 99.7 cm³/mol. The van der Waals surface area contributed by atoms with Gasteiger partial charge in [0.2, 0.25) is 0 Å². The highest BCUT2D eigenvalue weighted by Crippen LogP contribution is 2.35. The number of rotatable bonds is 4. The molecule has 5 nitrogen and oxygen atoms in total. The molecule has 1 N–H and O–H groups in total. The number of benzene rings is 1. The Balaban J connectivity index is 1.35. The Bertz CT molecular complexity index is 737. The Morgan fingerprint density at radius 2 is 2.15 bits per heavy atom. The summed E-state index contributed by atoms with van der Waals surface area (Å²) in [5.41, 5.74) is 1.82. The lowest BCUT2D eigenvalue weighted by atomic mass is 9.89. The van der Waals surface area contributed by atoms with E-state index < -0.39 is 0 Å². The van der Waals surface area contributed by atoms with Crippen LogP contribution in [0.3, 0.4) is 0 Å². The van der Waals surface area contributed by atoms with Gasteiger partial charge in [0.15, 0.2) is 0 Å². The van der Waals surface area contributed by atoms with Crippen LogP contribution in [0.4, 0.5) is 0 Å². The van der Waals surface area contributed by atoms with E-state index in [1.807, 2.05) is 42.6 Å². The lowest BCUT2D eigenvalue weighted by Gasteiger charge is -2.38. The zero-order chi connectivity index (χ0) is 17.8. The van der Waals surface area contributed by atoms with Crippen molar-refractivity contribution in [1.82, 2.24) is 15.2 Å². The van der Waals surface area contributed by atoms with Gasteiger partial charge >= 0.3 is 0 Å². The topological polar surface area (TPSA) is 54.5 Å². The Morgan fingerprint density at radius 3 is 2.96 bits per heavy atom. The summed E-state index contributed by atoms with van der Waals surface area (Å²) < 4.78 is 6.20. The summed E-state index contributed by atoms with van der Waals surface area (Å²) in [6, 6.07) is 13.7. The molecule has 2 aliphatic rings. The molecule has 136 valence electrons. The molecule has 0 aliphatic carbocycles. The summed E-state index contributed by atoms with van der Waals surface area (Å²) in [5.74, 6) is 0.0119. The molecule has 3 heterocycles. The molecule has 0 saturated carbocycles. The van der Waals surface area contributed by atoms with Crippen molar-refractivity contribution < 1.29 is 9.53 Å². The molecule has 2 aromatic rings. The van der Waals surface area contributed by atoms with Crippen LogP contribution in [0, 0.1) is 0 Å². The van der Waals surface area contributed by atoms with Crippen LogP contribution in [-0.4, -0.2) is 47.1 Å². The number of amides is 1. The molecule has 26 heavy (non-hydrogen) atoms. The second kappa shape index (κ2) is 7.56. The summed E-state index contributed by atoms with van der Waals surface area (Å²) in [7, 11) is 0. The average molecular weight is 351 g/mol. The third-order valence-corrected chi connectivity index (χ3v) is 5.39. The summed E-state index contributed by atoms with van der Waals surface area (Å²) >= 11 is 0. The Morgan fingerprint density at radius 1 is 1.27 bits per heavy atom. The van der Waals surface area contributed by atoms with Gasteiger partial charge in [0.25, 0.3) is 5.91 Å². The van der Waals surface area contributed by atoms with E-state index in [1.54, 1.807) is 6.20 Å². The first-order chi connectivity index (χ1) is 12.7. The highest BCUT2D eigenvalue weighted by atomic mass is 16.5. The smallest absolute Gasteiger partial charge is 0.251 e. The number of ether oxygens (including phenoxy) is 1. The van der Waals surface area contributed by atoms with Gasteiger partial charge in [0.05, 0.1) is 5.60 Å². The number of carbonyl (C=O) groups excluding carboxylic acids is 1. The van der Waals surface area contributed by atoms with Crippen LogP contribution in [0.1, 0.15) is 35.2 Å². The van der Waals surface area contributed by atoms with Crippen molar-refractivity contribution in [3.05, 3.63) is 66.0 Å². The number of hydrogen-bond donors (Lipinski definition) is 1. The number of nitrogens with one attached hydrogen (secondary N) is 1. The largest absolute Gasteiger partial charge is 0.373 e. The van der Waals surface area contributed by atoms with Crippen molar-refractivity contribution in [2.75, 3.05) is 19.7 Å². The Kier molecular flexibility index (Phi) is 5.00. The first-order valence-corrected chi connectivity index (χ1v) is 9.34. The first kappa shape index (κ1) is 17.2. The minimum atomic E-state index is -0.130. The molecule has 1 spiro atoms. The molecule has 0 unspecified atom stereocenters. The van der Waals surface area contributed by atoms with Gasteiger partial charge in [-0.3, -0.25) is 14.7 Å². The fourth-order valence-corrected chi connectivity index (χ4v) is 4.11. The van der Waals surface area contributed by atoms with E-state index in [2.05, 4.69) is 21.3 Å². The van der Waals surface area contributed by atoms with Crippen LogP contribution in [0.15, 0.2) is 54.9 Å². The molecule has 1 aromatic carbocycles. The molecule has 1 amide bonds. The number of carbonyl (C=O) groups is 1. The summed E-state index contributed by atoms with van der Waals surface area (Å²) in [6.45, 7) is 3.55. The molecular weight excluding hydrogens is 326 g/mol. The predicted octanol–water partition coefficient (Wildman–Crippen LogP) is 2.64. The van der Waals surface area contributed by atoms with Crippen LogP contribution in [0.2, 0.25) is 0 Å². The van der Waals surface area contributed by atoms with Gasteiger partial charge < -0.3 is 10.1 Å². The van der Waals surface area contributed by atoms with E-state index in [0.717, 1.165) is 44.5 Å². The molecule has 5 heteroatoms. The van der Waals surface area contributed by atoms with E-state index in [1.165, 1.54) is 5.56 Å². The van der Waals surface area contributed by atoms with E-state index in [-0.39, 0.29) is 17.6 Å². The monoisotopic (exact) mass is 351 g/mol. The molecule has 2 atom stereocenters. The van der Waals surface area contributed by atoms with Crippen LogP contribution in [-0.2, 0) is 11.3 Å².